The zero-order chi connectivity index (χ0) is 19.1. The Morgan fingerprint density at radius 2 is 1.93 bits per heavy atom. The van der Waals surface area contributed by atoms with Crippen LogP contribution in [-0.4, -0.2) is 22.5 Å². The van der Waals surface area contributed by atoms with Gasteiger partial charge in [0.05, 0.1) is 29.5 Å². The van der Waals surface area contributed by atoms with Gasteiger partial charge in [-0.2, -0.15) is 5.26 Å². The lowest BCUT2D eigenvalue weighted by molar-refractivity contribution is 0.102. The van der Waals surface area contributed by atoms with Crippen molar-refractivity contribution in [3.8, 4) is 11.8 Å². The monoisotopic (exact) mass is 359 g/mol. The summed E-state index contributed by atoms with van der Waals surface area (Å²) in [5.74, 6) is 0.599. The lowest BCUT2D eigenvalue weighted by Gasteiger charge is -2.11. The molecule has 7 nitrogen and oxygen atoms in total. The minimum atomic E-state index is -0.333. The third-order valence-corrected chi connectivity index (χ3v) is 3.60. The number of nitrogens with zero attached hydrogens (tertiary/aromatic N) is 3. The molecule has 1 heterocycles. The Balaban J connectivity index is 1.70. The molecule has 134 valence electrons. The molecular formula is C20H17N5O2. The van der Waals surface area contributed by atoms with Crippen LogP contribution in [0.1, 0.15) is 22.8 Å². The van der Waals surface area contributed by atoms with E-state index in [9.17, 15) is 4.79 Å². The second-order valence-corrected chi connectivity index (χ2v) is 5.50. The van der Waals surface area contributed by atoms with Crippen LogP contribution in [0.4, 0.5) is 17.3 Å². The highest BCUT2D eigenvalue weighted by atomic mass is 16.5. The zero-order valence-electron chi connectivity index (χ0n) is 14.6. The summed E-state index contributed by atoms with van der Waals surface area (Å²) in [5.41, 5.74) is 2.12. The molecule has 0 unspecified atom stereocenters. The van der Waals surface area contributed by atoms with Gasteiger partial charge in [-0.3, -0.25) is 4.79 Å². The number of carbonyl (C=O) groups is 1. The van der Waals surface area contributed by atoms with Crippen molar-refractivity contribution >= 4 is 23.2 Å². The van der Waals surface area contributed by atoms with E-state index >= 15 is 0 Å². The molecule has 0 atom stereocenters. The summed E-state index contributed by atoms with van der Waals surface area (Å²) in [4.78, 5) is 20.7. The third kappa shape index (κ3) is 4.58. The van der Waals surface area contributed by atoms with Gasteiger partial charge < -0.3 is 15.4 Å². The van der Waals surface area contributed by atoms with Crippen LogP contribution >= 0.6 is 0 Å². The normalized spacial score (nSPS) is 9.93. The van der Waals surface area contributed by atoms with Crippen molar-refractivity contribution in [3.63, 3.8) is 0 Å². The summed E-state index contributed by atoms with van der Waals surface area (Å²) in [7, 11) is 0. The molecule has 0 saturated heterocycles. The smallest absolute Gasteiger partial charge is 0.258 e. The largest absolute Gasteiger partial charge is 0.492 e. The zero-order valence-corrected chi connectivity index (χ0v) is 14.6. The van der Waals surface area contributed by atoms with E-state index in [2.05, 4.69) is 26.7 Å². The van der Waals surface area contributed by atoms with Gasteiger partial charge >= 0.3 is 0 Å². The summed E-state index contributed by atoms with van der Waals surface area (Å²) >= 11 is 0. The molecule has 0 radical (unpaired) electrons. The second-order valence-electron chi connectivity index (χ2n) is 5.50. The maximum absolute atomic E-state index is 12.4. The van der Waals surface area contributed by atoms with Gasteiger partial charge in [0.25, 0.3) is 5.91 Å². The maximum Gasteiger partial charge on any atom is 0.258 e. The third-order valence-electron chi connectivity index (χ3n) is 3.60. The Morgan fingerprint density at radius 3 is 2.67 bits per heavy atom. The number of benzene rings is 2. The van der Waals surface area contributed by atoms with Gasteiger partial charge in [-0.15, -0.1) is 0 Å². The fourth-order valence-electron chi connectivity index (χ4n) is 2.35. The predicted octanol–water partition coefficient (Wildman–Crippen LogP) is 3.74. The van der Waals surface area contributed by atoms with Gasteiger partial charge in [0, 0.05) is 18.1 Å². The van der Waals surface area contributed by atoms with E-state index < -0.39 is 0 Å². The number of carbonyl (C=O) groups excluding carboxylic acids is 1. The van der Waals surface area contributed by atoms with Crippen molar-refractivity contribution in [2.45, 2.75) is 6.92 Å². The number of nitrogens with one attached hydrogen (secondary N) is 2. The van der Waals surface area contributed by atoms with Gasteiger partial charge in [0.2, 0.25) is 5.95 Å². The summed E-state index contributed by atoms with van der Waals surface area (Å²) in [6.07, 6.45) is 2.87. The van der Waals surface area contributed by atoms with Crippen LogP contribution in [0.2, 0.25) is 0 Å². The molecule has 2 N–H and O–H groups in total. The van der Waals surface area contributed by atoms with Crippen molar-refractivity contribution < 1.29 is 9.53 Å². The first-order valence-electron chi connectivity index (χ1n) is 8.32. The average Bonchev–Trinajstić information content (AvgIpc) is 2.70. The van der Waals surface area contributed by atoms with E-state index in [0.29, 0.717) is 40.8 Å². The quantitative estimate of drug-likeness (QED) is 0.695. The fraction of sp³-hybridized carbons (Fsp3) is 0.100. The molecule has 3 aromatic rings. The van der Waals surface area contributed by atoms with Gasteiger partial charge in [-0.05, 0) is 37.3 Å². The number of rotatable bonds is 6. The number of anilines is 3. The maximum atomic E-state index is 12.4. The van der Waals surface area contributed by atoms with Crippen LogP contribution in [0.3, 0.4) is 0 Å². The number of hydrogen-bond acceptors (Lipinski definition) is 6. The van der Waals surface area contributed by atoms with E-state index in [-0.39, 0.29) is 5.91 Å². The molecule has 0 fully saturated rings. The number of para-hydroxylation sites is 2. The number of amides is 1. The van der Waals surface area contributed by atoms with Crippen molar-refractivity contribution in [2.24, 2.45) is 0 Å². The number of ether oxygens (including phenoxy) is 1. The van der Waals surface area contributed by atoms with Crippen molar-refractivity contribution in [3.05, 3.63) is 72.1 Å². The Morgan fingerprint density at radius 1 is 1.15 bits per heavy atom. The van der Waals surface area contributed by atoms with E-state index in [1.54, 1.807) is 36.4 Å². The number of aromatic nitrogens is 2. The second kappa shape index (κ2) is 8.45. The Hall–Kier alpha value is -3.92. The fourth-order valence-corrected chi connectivity index (χ4v) is 2.35. The van der Waals surface area contributed by atoms with Gasteiger partial charge in [0.1, 0.15) is 5.75 Å². The molecule has 7 heteroatoms. The van der Waals surface area contributed by atoms with Crippen molar-refractivity contribution in [1.29, 1.82) is 5.26 Å². The predicted molar refractivity (Wildman–Crippen MR) is 102 cm³/mol. The average molecular weight is 359 g/mol. The van der Waals surface area contributed by atoms with Crippen LogP contribution < -0.4 is 15.4 Å². The van der Waals surface area contributed by atoms with Gasteiger partial charge in [-0.1, -0.05) is 18.2 Å². The van der Waals surface area contributed by atoms with Crippen LogP contribution in [0.25, 0.3) is 0 Å². The molecular weight excluding hydrogens is 342 g/mol. The molecule has 27 heavy (non-hydrogen) atoms. The Kier molecular flexibility index (Phi) is 5.60. The van der Waals surface area contributed by atoms with Gasteiger partial charge in [0.15, 0.2) is 0 Å². The van der Waals surface area contributed by atoms with Crippen molar-refractivity contribution in [1.82, 2.24) is 9.97 Å². The first kappa shape index (κ1) is 17.9. The lowest BCUT2D eigenvalue weighted by atomic mass is 10.2. The molecule has 0 aliphatic rings. The number of nitriles is 1. The van der Waals surface area contributed by atoms with Crippen molar-refractivity contribution in [2.75, 3.05) is 17.2 Å². The van der Waals surface area contributed by atoms with Crippen LogP contribution in [-0.2, 0) is 0 Å². The first-order chi connectivity index (χ1) is 13.2. The highest BCUT2D eigenvalue weighted by Gasteiger charge is 2.11. The van der Waals surface area contributed by atoms with E-state index in [1.165, 1.54) is 12.4 Å². The highest BCUT2D eigenvalue weighted by Crippen LogP contribution is 2.24. The van der Waals surface area contributed by atoms with Crippen LogP contribution in [0.5, 0.6) is 5.75 Å². The molecule has 0 saturated carbocycles. The van der Waals surface area contributed by atoms with E-state index in [1.807, 2.05) is 19.1 Å². The summed E-state index contributed by atoms with van der Waals surface area (Å²) in [6, 6.07) is 16.2. The molecule has 3 rings (SSSR count). The molecule has 2 aromatic carbocycles. The molecule has 0 bridgehead atoms. The molecule has 0 spiro atoms. The topological polar surface area (TPSA) is 99.9 Å². The first-order valence-corrected chi connectivity index (χ1v) is 8.32. The summed E-state index contributed by atoms with van der Waals surface area (Å²) < 4.78 is 5.50. The SMILES string of the molecule is CCOc1ccccc1NC(=O)c1cnc(Nc2cccc(C#N)c2)nc1. The lowest BCUT2D eigenvalue weighted by Crippen LogP contribution is -2.14. The molecule has 0 aliphatic carbocycles. The number of hydrogen-bond donors (Lipinski definition) is 2. The summed E-state index contributed by atoms with van der Waals surface area (Å²) in [6.45, 7) is 2.38. The standard InChI is InChI=1S/C20H17N5O2/c1-2-27-18-9-4-3-8-17(18)25-19(26)15-12-22-20(23-13-15)24-16-7-5-6-14(10-16)11-21/h3-10,12-13H,2H2,1H3,(H,25,26)(H,22,23,24). The summed E-state index contributed by atoms with van der Waals surface area (Å²) in [5, 5.41) is 14.7. The van der Waals surface area contributed by atoms with E-state index in [4.69, 9.17) is 10.00 Å². The minimum absolute atomic E-state index is 0.317. The Labute approximate surface area is 156 Å². The van der Waals surface area contributed by atoms with Crippen LogP contribution in [0, 0.1) is 11.3 Å². The van der Waals surface area contributed by atoms with E-state index in [0.717, 1.165) is 0 Å². The van der Waals surface area contributed by atoms with Crippen LogP contribution in [0.15, 0.2) is 60.9 Å². The molecule has 0 aliphatic heterocycles. The highest BCUT2D eigenvalue weighted by molar-refractivity contribution is 6.04. The molecule has 1 amide bonds. The van der Waals surface area contributed by atoms with Gasteiger partial charge in [-0.25, -0.2) is 9.97 Å². The minimum Gasteiger partial charge on any atom is -0.492 e. The Bertz CT molecular complexity index is 980. The molecule has 1 aromatic heterocycles.